The fraction of sp³-hybridized carbons (Fsp3) is 0.400. The van der Waals surface area contributed by atoms with E-state index in [4.69, 9.17) is 4.74 Å². The van der Waals surface area contributed by atoms with Crippen LogP contribution in [0, 0.1) is 0 Å². The second-order valence-corrected chi connectivity index (χ2v) is 9.10. The summed E-state index contributed by atoms with van der Waals surface area (Å²) >= 11 is 1.56. The van der Waals surface area contributed by atoms with Gasteiger partial charge in [-0.2, -0.15) is 0 Å². The number of aromatic nitrogens is 3. The van der Waals surface area contributed by atoms with Crippen molar-refractivity contribution in [3.63, 3.8) is 0 Å². The molecule has 1 N–H and O–H groups in total. The number of anilines is 1. The average molecular weight is 466 g/mol. The highest BCUT2D eigenvalue weighted by atomic mass is 32.2. The highest BCUT2D eigenvalue weighted by molar-refractivity contribution is 7.99. The molecule has 2 heterocycles. The summed E-state index contributed by atoms with van der Waals surface area (Å²) in [5.74, 6) is 1.49. The molecule has 1 amide bonds. The normalized spacial score (nSPS) is 14.8. The lowest BCUT2D eigenvalue weighted by atomic mass is 10.1. The summed E-state index contributed by atoms with van der Waals surface area (Å²) in [6.45, 7) is 7.10. The number of ether oxygens (including phenoxy) is 1. The summed E-state index contributed by atoms with van der Waals surface area (Å²) in [5.41, 5.74) is 3.41. The number of morpholine rings is 1. The van der Waals surface area contributed by atoms with Crippen LogP contribution in [0.15, 0.2) is 59.8 Å². The standard InChI is InChI=1S/C25H31N5O2S/c1-3-20-8-7-11-22(18-20)30-24(29-13-15-32-16-14-29)27-28-25(30)33-17-12-23(31)26-19(2)21-9-5-4-6-10-21/h4-11,18-19H,3,12-17H2,1-2H3,(H,26,31). The minimum atomic E-state index is -0.0166. The summed E-state index contributed by atoms with van der Waals surface area (Å²) in [6, 6.07) is 18.5. The van der Waals surface area contributed by atoms with E-state index in [2.05, 4.69) is 56.2 Å². The Hall–Kier alpha value is -2.84. The van der Waals surface area contributed by atoms with Gasteiger partial charge in [-0.3, -0.25) is 9.36 Å². The van der Waals surface area contributed by atoms with Gasteiger partial charge in [0.05, 0.1) is 24.9 Å². The molecule has 1 aliphatic rings. The molecule has 1 unspecified atom stereocenters. The molecule has 0 radical (unpaired) electrons. The monoisotopic (exact) mass is 465 g/mol. The van der Waals surface area contributed by atoms with E-state index < -0.39 is 0 Å². The molecule has 8 heteroatoms. The molecule has 0 saturated carbocycles. The number of hydrogen-bond acceptors (Lipinski definition) is 6. The summed E-state index contributed by atoms with van der Waals surface area (Å²) in [5, 5.41) is 12.9. The van der Waals surface area contributed by atoms with Gasteiger partial charge < -0.3 is 15.0 Å². The molecule has 1 atom stereocenters. The zero-order chi connectivity index (χ0) is 23.0. The van der Waals surface area contributed by atoms with Gasteiger partial charge in [-0.25, -0.2) is 0 Å². The van der Waals surface area contributed by atoms with Gasteiger partial charge in [0, 0.05) is 25.3 Å². The van der Waals surface area contributed by atoms with E-state index in [1.54, 1.807) is 11.8 Å². The molecule has 174 valence electrons. The second kappa shape index (κ2) is 11.3. The Kier molecular flexibility index (Phi) is 8.01. The molecule has 1 aliphatic heterocycles. The lowest BCUT2D eigenvalue weighted by Gasteiger charge is -2.28. The summed E-state index contributed by atoms with van der Waals surface area (Å²) in [4.78, 5) is 14.7. The number of benzene rings is 2. The SMILES string of the molecule is CCc1cccc(-n2c(SCCC(=O)NC(C)c3ccccc3)nnc2N2CCOCC2)c1. The van der Waals surface area contributed by atoms with Crippen LogP contribution in [-0.2, 0) is 16.0 Å². The molecular formula is C25H31N5O2S. The number of nitrogens with one attached hydrogen (secondary N) is 1. The summed E-state index contributed by atoms with van der Waals surface area (Å²) < 4.78 is 7.63. The maximum absolute atomic E-state index is 12.5. The lowest BCUT2D eigenvalue weighted by molar-refractivity contribution is -0.121. The van der Waals surface area contributed by atoms with Crippen molar-refractivity contribution >= 4 is 23.6 Å². The van der Waals surface area contributed by atoms with Crippen molar-refractivity contribution in [3.8, 4) is 5.69 Å². The summed E-state index contributed by atoms with van der Waals surface area (Å²) in [7, 11) is 0. The van der Waals surface area contributed by atoms with Gasteiger partial charge in [-0.05, 0) is 36.6 Å². The molecule has 1 fully saturated rings. The number of thioether (sulfide) groups is 1. The van der Waals surface area contributed by atoms with Crippen molar-refractivity contribution in [1.82, 2.24) is 20.1 Å². The number of aryl methyl sites for hydroxylation is 1. The Morgan fingerprint density at radius 1 is 1.12 bits per heavy atom. The number of carbonyl (C=O) groups is 1. The first-order valence-electron chi connectivity index (χ1n) is 11.5. The highest BCUT2D eigenvalue weighted by Crippen LogP contribution is 2.28. The first-order chi connectivity index (χ1) is 16.2. The van der Waals surface area contributed by atoms with E-state index in [1.807, 2.05) is 37.3 Å². The molecule has 0 aliphatic carbocycles. The number of amides is 1. The maximum atomic E-state index is 12.5. The minimum Gasteiger partial charge on any atom is -0.378 e. The predicted octanol–water partition coefficient (Wildman–Crippen LogP) is 4.03. The van der Waals surface area contributed by atoms with Gasteiger partial charge in [0.15, 0.2) is 5.16 Å². The van der Waals surface area contributed by atoms with Crippen LogP contribution in [0.4, 0.5) is 5.95 Å². The number of nitrogens with zero attached hydrogens (tertiary/aromatic N) is 4. The van der Waals surface area contributed by atoms with Crippen molar-refractivity contribution in [2.45, 2.75) is 37.9 Å². The Morgan fingerprint density at radius 3 is 2.67 bits per heavy atom. The van der Waals surface area contributed by atoms with E-state index in [0.717, 1.165) is 41.9 Å². The van der Waals surface area contributed by atoms with Crippen LogP contribution in [0.5, 0.6) is 0 Å². The molecule has 4 rings (SSSR count). The van der Waals surface area contributed by atoms with Crippen LogP contribution in [0.1, 0.15) is 37.4 Å². The van der Waals surface area contributed by atoms with Gasteiger partial charge in [0.1, 0.15) is 0 Å². The smallest absolute Gasteiger partial charge is 0.232 e. The first kappa shape index (κ1) is 23.3. The Morgan fingerprint density at radius 2 is 1.91 bits per heavy atom. The number of carbonyl (C=O) groups excluding carboxylic acids is 1. The van der Waals surface area contributed by atoms with Crippen molar-refractivity contribution in [1.29, 1.82) is 0 Å². The van der Waals surface area contributed by atoms with Gasteiger partial charge in [0.2, 0.25) is 11.9 Å². The second-order valence-electron chi connectivity index (χ2n) is 8.04. The van der Waals surface area contributed by atoms with Crippen molar-refractivity contribution in [3.05, 3.63) is 65.7 Å². The van der Waals surface area contributed by atoms with E-state index in [-0.39, 0.29) is 11.9 Å². The van der Waals surface area contributed by atoms with E-state index in [0.29, 0.717) is 25.4 Å². The topological polar surface area (TPSA) is 72.3 Å². The third kappa shape index (κ3) is 5.94. The fourth-order valence-corrected chi connectivity index (χ4v) is 4.72. The van der Waals surface area contributed by atoms with Gasteiger partial charge in [0.25, 0.3) is 0 Å². The zero-order valence-electron chi connectivity index (χ0n) is 19.2. The third-order valence-electron chi connectivity index (χ3n) is 5.72. The van der Waals surface area contributed by atoms with E-state index in [1.165, 1.54) is 5.56 Å². The average Bonchev–Trinajstić information content (AvgIpc) is 3.29. The van der Waals surface area contributed by atoms with E-state index >= 15 is 0 Å². The van der Waals surface area contributed by atoms with Crippen molar-refractivity contribution in [2.24, 2.45) is 0 Å². The lowest BCUT2D eigenvalue weighted by Crippen LogP contribution is -2.37. The highest BCUT2D eigenvalue weighted by Gasteiger charge is 2.22. The molecular weight excluding hydrogens is 434 g/mol. The Bertz CT molecular complexity index is 1050. The third-order valence-corrected chi connectivity index (χ3v) is 6.66. The Labute approximate surface area is 199 Å². The fourth-order valence-electron chi connectivity index (χ4n) is 3.84. The molecule has 3 aromatic rings. The first-order valence-corrected chi connectivity index (χ1v) is 12.5. The minimum absolute atomic E-state index is 0.0166. The molecule has 2 aromatic carbocycles. The number of rotatable bonds is 9. The zero-order valence-corrected chi connectivity index (χ0v) is 20.1. The van der Waals surface area contributed by atoms with Crippen LogP contribution in [0.25, 0.3) is 5.69 Å². The Balaban J connectivity index is 1.45. The summed E-state index contributed by atoms with van der Waals surface area (Å²) in [6.07, 6.45) is 1.38. The number of hydrogen-bond donors (Lipinski definition) is 1. The van der Waals surface area contributed by atoms with Crippen molar-refractivity contribution in [2.75, 3.05) is 37.0 Å². The molecule has 0 spiro atoms. The van der Waals surface area contributed by atoms with E-state index in [9.17, 15) is 4.79 Å². The predicted molar refractivity (Wildman–Crippen MR) is 132 cm³/mol. The van der Waals surface area contributed by atoms with Crippen LogP contribution in [0.2, 0.25) is 0 Å². The molecule has 1 aromatic heterocycles. The molecule has 7 nitrogen and oxygen atoms in total. The van der Waals surface area contributed by atoms with Gasteiger partial charge in [-0.15, -0.1) is 10.2 Å². The molecule has 33 heavy (non-hydrogen) atoms. The van der Waals surface area contributed by atoms with Crippen LogP contribution in [0.3, 0.4) is 0 Å². The quantitative estimate of drug-likeness (QED) is 0.481. The largest absolute Gasteiger partial charge is 0.378 e. The maximum Gasteiger partial charge on any atom is 0.232 e. The molecule has 0 bridgehead atoms. The van der Waals surface area contributed by atoms with Crippen molar-refractivity contribution < 1.29 is 9.53 Å². The van der Waals surface area contributed by atoms with Crippen LogP contribution in [-0.4, -0.2) is 52.7 Å². The molecule has 1 saturated heterocycles. The van der Waals surface area contributed by atoms with Gasteiger partial charge >= 0.3 is 0 Å². The van der Waals surface area contributed by atoms with Crippen LogP contribution < -0.4 is 10.2 Å². The van der Waals surface area contributed by atoms with Gasteiger partial charge in [-0.1, -0.05) is 61.2 Å². The van der Waals surface area contributed by atoms with Crippen LogP contribution >= 0.6 is 11.8 Å².